The van der Waals surface area contributed by atoms with Gasteiger partial charge in [0, 0.05) is 17.9 Å². The third kappa shape index (κ3) is 7.12. The Morgan fingerprint density at radius 3 is 2.55 bits per heavy atom. The SMILES string of the molecule is CCOC(=O)CC(CCCCOn1c(=O)ccc2ccccc21)C1CCCCCCC1. The van der Waals surface area contributed by atoms with Crippen LogP contribution < -0.4 is 10.4 Å². The number of ether oxygens (including phenoxy) is 1. The standard InChI is InChI=1S/C26H37NO4/c1-2-30-26(29)20-23(21-12-6-4-3-5-7-13-21)15-10-11-19-31-27-24-16-9-8-14-22(24)17-18-25(27)28/h8-9,14,16-18,21,23H,2-7,10-13,15,19-20H2,1H3. The van der Waals surface area contributed by atoms with E-state index in [2.05, 4.69) is 0 Å². The van der Waals surface area contributed by atoms with E-state index in [-0.39, 0.29) is 11.5 Å². The Balaban J connectivity index is 1.53. The molecule has 1 atom stereocenters. The average molecular weight is 428 g/mol. The fourth-order valence-corrected chi connectivity index (χ4v) is 4.86. The molecule has 1 aliphatic carbocycles. The van der Waals surface area contributed by atoms with E-state index in [0.717, 1.165) is 30.2 Å². The molecule has 2 aromatic rings. The van der Waals surface area contributed by atoms with Gasteiger partial charge in [0.2, 0.25) is 0 Å². The number of aromatic nitrogens is 1. The molecule has 1 aromatic carbocycles. The lowest BCUT2D eigenvalue weighted by Gasteiger charge is -2.28. The average Bonchev–Trinajstić information content (AvgIpc) is 2.74. The number of unbranched alkanes of at least 4 members (excludes halogenated alkanes) is 1. The molecular weight excluding hydrogens is 390 g/mol. The van der Waals surface area contributed by atoms with E-state index >= 15 is 0 Å². The smallest absolute Gasteiger partial charge is 0.306 e. The van der Waals surface area contributed by atoms with Crippen molar-refractivity contribution >= 4 is 16.9 Å². The summed E-state index contributed by atoms with van der Waals surface area (Å²) >= 11 is 0. The monoisotopic (exact) mass is 427 g/mol. The minimum atomic E-state index is -0.145. The van der Waals surface area contributed by atoms with Gasteiger partial charge in [0.1, 0.15) is 6.61 Å². The predicted octanol–water partition coefficient (Wildman–Crippen LogP) is 5.53. The number of hydrogen-bond acceptors (Lipinski definition) is 4. The van der Waals surface area contributed by atoms with Gasteiger partial charge in [0.05, 0.1) is 12.1 Å². The van der Waals surface area contributed by atoms with Crippen LogP contribution in [0.3, 0.4) is 0 Å². The molecule has 31 heavy (non-hydrogen) atoms. The highest BCUT2D eigenvalue weighted by Crippen LogP contribution is 2.33. The van der Waals surface area contributed by atoms with Crippen LogP contribution in [0.5, 0.6) is 0 Å². The minimum absolute atomic E-state index is 0.0619. The zero-order valence-electron chi connectivity index (χ0n) is 18.9. The lowest BCUT2D eigenvalue weighted by atomic mass is 9.78. The molecule has 0 bridgehead atoms. The molecule has 0 N–H and O–H groups in total. The maximum Gasteiger partial charge on any atom is 0.306 e. The molecule has 5 nitrogen and oxygen atoms in total. The zero-order chi connectivity index (χ0) is 21.9. The molecule has 0 radical (unpaired) electrons. The van der Waals surface area contributed by atoms with Gasteiger partial charge in [0.15, 0.2) is 0 Å². The molecule has 0 amide bonds. The summed E-state index contributed by atoms with van der Waals surface area (Å²) < 4.78 is 6.66. The number of fused-ring (bicyclic) bond motifs is 1. The topological polar surface area (TPSA) is 57.5 Å². The summed E-state index contributed by atoms with van der Waals surface area (Å²) in [5, 5.41) is 0.987. The van der Waals surface area contributed by atoms with Gasteiger partial charge >= 0.3 is 5.97 Å². The van der Waals surface area contributed by atoms with E-state index < -0.39 is 0 Å². The maximum atomic E-state index is 12.2. The highest BCUT2D eigenvalue weighted by Gasteiger charge is 2.24. The minimum Gasteiger partial charge on any atom is -0.466 e. The number of nitrogens with zero attached hydrogens (tertiary/aromatic N) is 1. The normalized spacial score (nSPS) is 16.4. The van der Waals surface area contributed by atoms with Crippen LogP contribution >= 0.6 is 0 Å². The number of carbonyl (C=O) groups is 1. The van der Waals surface area contributed by atoms with E-state index in [4.69, 9.17) is 9.57 Å². The molecule has 1 aliphatic rings. The van der Waals surface area contributed by atoms with Crippen molar-refractivity contribution in [3.63, 3.8) is 0 Å². The molecule has 1 fully saturated rings. The second-order valence-electron chi connectivity index (χ2n) is 8.73. The van der Waals surface area contributed by atoms with E-state index in [0.29, 0.717) is 31.5 Å². The van der Waals surface area contributed by atoms with Crippen molar-refractivity contribution in [3.8, 4) is 0 Å². The number of benzene rings is 1. The number of esters is 1. The van der Waals surface area contributed by atoms with Crippen LogP contribution in [-0.2, 0) is 9.53 Å². The lowest BCUT2D eigenvalue weighted by Crippen LogP contribution is -2.27. The molecule has 5 heteroatoms. The van der Waals surface area contributed by atoms with Gasteiger partial charge in [-0.1, -0.05) is 63.1 Å². The lowest BCUT2D eigenvalue weighted by molar-refractivity contribution is -0.144. The first-order valence-corrected chi connectivity index (χ1v) is 12.1. The van der Waals surface area contributed by atoms with Crippen molar-refractivity contribution < 1.29 is 14.4 Å². The van der Waals surface area contributed by atoms with Gasteiger partial charge in [-0.25, -0.2) is 0 Å². The Kier molecular flexibility index (Phi) is 9.44. The summed E-state index contributed by atoms with van der Waals surface area (Å²) in [7, 11) is 0. The van der Waals surface area contributed by atoms with E-state index in [1.165, 1.54) is 49.7 Å². The van der Waals surface area contributed by atoms with Crippen molar-refractivity contribution in [1.29, 1.82) is 0 Å². The summed E-state index contributed by atoms with van der Waals surface area (Å²) in [6, 6.07) is 11.1. The Morgan fingerprint density at radius 1 is 1.03 bits per heavy atom. The number of rotatable bonds is 10. The summed E-state index contributed by atoms with van der Waals surface area (Å²) in [6.07, 6.45) is 12.4. The first kappa shape index (κ1) is 23.4. The highest BCUT2D eigenvalue weighted by molar-refractivity contribution is 5.78. The molecule has 1 heterocycles. The van der Waals surface area contributed by atoms with Crippen LogP contribution in [0, 0.1) is 11.8 Å². The van der Waals surface area contributed by atoms with Crippen molar-refractivity contribution in [2.24, 2.45) is 11.8 Å². The third-order valence-corrected chi connectivity index (χ3v) is 6.50. The van der Waals surface area contributed by atoms with Crippen LogP contribution in [0.1, 0.15) is 77.6 Å². The Labute approximate surface area is 185 Å². The second-order valence-corrected chi connectivity index (χ2v) is 8.73. The van der Waals surface area contributed by atoms with Crippen molar-refractivity contribution in [3.05, 3.63) is 46.8 Å². The van der Waals surface area contributed by atoms with E-state index in [1.54, 1.807) is 6.07 Å². The predicted molar refractivity (Wildman–Crippen MR) is 124 cm³/mol. The first-order chi connectivity index (χ1) is 15.2. The van der Waals surface area contributed by atoms with Crippen LogP contribution in [-0.4, -0.2) is 23.9 Å². The summed E-state index contributed by atoms with van der Waals surface area (Å²) in [6.45, 7) is 2.81. The number of hydrogen-bond donors (Lipinski definition) is 0. The Morgan fingerprint density at radius 2 is 1.77 bits per heavy atom. The molecule has 0 spiro atoms. The Hall–Kier alpha value is -2.30. The van der Waals surface area contributed by atoms with Gasteiger partial charge in [-0.05, 0) is 50.2 Å². The van der Waals surface area contributed by atoms with Gasteiger partial charge in [-0.2, -0.15) is 0 Å². The largest absolute Gasteiger partial charge is 0.466 e. The van der Waals surface area contributed by atoms with E-state index in [1.807, 2.05) is 37.3 Å². The molecule has 1 aromatic heterocycles. The first-order valence-electron chi connectivity index (χ1n) is 12.1. The van der Waals surface area contributed by atoms with Crippen molar-refractivity contribution in [2.75, 3.05) is 13.2 Å². The quantitative estimate of drug-likeness (QED) is 0.369. The van der Waals surface area contributed by atoms with Crippen LogP contribution in [0.25, 0.3) is 10.9 Å². The van der Waals surface area contributed by atoms with Gasteiger partial charge in [-0.3, -0.25) is 9.59 Å². The highest BCUT2D eigenvalue weighted by atomic mass is 16.7. The second kappa shape index (κ2) is 12.5. The summed E-state index contributed by atoms with van der Waals surface area (Å²) in [5.74, 6) is 0.942. The fraction of sp³-hybridized carbons (Fsp3) is 0.615. The zero-order valence-corrected chi connectivity index (χ0v) is 18.9. The van der Waals surface area contributed by atoms with Crippen LogP contribution in [0.4, 0.5) is 0 Å². The Bertz CT molecular complexity index is 867. The summed E-state index contributed by atoms with van der Waals surface area (Å²) in [4.78, 5) is 30.3. The van der Waals surface area contributed by atoms with Gasteiger partial charge in [0.25, 0.3) is 5.56 Å². The molecule has 1 saturated carbocycles. The number of pyridine rings is 1. The van der Waals surface area contributed by atoms with Crippen molar-refractivity contribution in [1.82, 2.24) is 4.73 Å². The summed E-state index contributed by atoms with van der Waals surface area (Å²) in [5.41, 5.74) is 0.651. The fourth-order valence-electron chi connectivity index (χ4n) is 4.86. The number of para-hydroxylation sites is 1. The molecule has 3 rings (SSSR count). The molecule has 0 aliphatic heterocycles. The van der Waals surface area contributed by atoms with Crippen molar-refractivity contribution in [2.45, 2.75) is 77.6 Å². The number of carbonyl (C=O) groups excluding carboxylic acids is 1. The molecule has 0 saturated heterocycles. The molecule has 170 valence electrons. The van der Waals surface area contributed by atoms with Crippen LogP contribution in [0.2, 0.25) is 0 Å². The molecular formula is C26H37NO4. The molecule has 1 unspecified atom stereocenters. The van der Waals surface area contributed by atoms with Gasteiger partial charge < -0.3 is 9.57 Å². The van der Waals surface area contributed by atoms with Gasteiger partial charge in [-0.15, -0.1) is 4.73 Å². The van der Waals surface area contributed by atoms with E-state index in [9.17, 15) is 9.59 Å². The third-order valence-electron chi connectivity index (χ3n) is 6.50. The van der Waals surface area contributed by atoms with Crippen LogP contribution in [0.15, 0.2) is 41.2 Å². The maximum absolute atomic E-state index is 12.2.